The van der Waals surface area contributed by atoms with Crippen LogP contribution in [-0.2, 0) is 4.84 Å². The second-order valence-corrected chi connectivity index (χ2v) is 8.01. The van der Waals surface area contributed by atoms with Gasteiger partial charge in [-0.2, -0.15) is 4.98 Å². The lowest BCUT2D eigenvalue weighted by Crippen LogP contribution is -2.38. The molecular weight excluding hydrogens is 392 g/mol. The van der Waals surface area contributed by atoms with E-state index < -0.39 is 0 Å². The van der Waals surface area contributed by atoms with Gasteiger partial charge in [0.1, 0.15) is 5.52 Å². The SMILES string of the molecule is CNc1cc(C2=NC(C3CCN(c4nc5ccccc5o4)CC3)ON2)ccc1C(C)=N. The van der Waals surface area contributed by atoms with Crippen molar-refractivity contribution >= 4 is 34.3 Å². The minimum Gasteiger partial charge on any atom is -0.423 e. The smallest absolute Gasteiger partial charge is 0.298 e. The molecule has 3 aromatic rings. The molecule has 8 nitrogen and oxygen atoms in total. The van der Waals surface area contributed by atoms with Crippen LogP contribution in [0.15, 0.2) is 51.9 Å². The molecule has 160 valence electrons. The highest BCUT2D eigenvalue weighted by atomic mass is 16.7. The summed E-state index contributed by atoms with van der Waals surface area (Å²) in [5.74, 6) is 1.06. The molecule has 0 bridgehead atoms. The topological polar surface area (TPSA) is 98.8 Å². The Kier molecular flexibility index (Phi) is 5.07. The molecule has 3 heterocycles. The van der Waals surface area contributed by atoms with Gasteiger partial charge in [-0.3, -0.25) is 0 Å². The van der Waals surface area contributed by atoms with Crippen LogP contribution in [0.1, 0.15) is 30.9 Å². The van der Waals surface area contributed by atoms with Crippen molar-refractivity contribution in [3.8, 4) is 0 Å². The maximum Gasteiger partial charge on any atom is 0.298 e. The van der Waals surface area contributed by atoms with E-state index in [9.17, 15) is 0 Å². The Balaban J connectivity index is 1.26. The average molecular weight is 419 g/mol. The van der Waals surface area contributed by atoms with Crippen molar-refractivity contribution in [2.75, 3.05) is 30.4 Å². The largest absolute Gasteiger partial charge is 0.423 e. The highest BCUT2D eigenvalue weighted by molar-refractivity contribution is 6.05. The lowest BCUT2D eigenvalue weighted by molar-refractivity contribution is -0.00566. The molecule has 2 aliphatic heterocycles. The van der Waals surface area contributed by atoms with Gasteiger partial charge in [-0.05, 0) is 38.0 Å². The monoisotopic (exact) mass is 418 g/mol. The molecular formula is C23H26N6O2. The lowest BCUT2D eigenvalue weighted by Gasteiger charge is -2.31. The summed E-state index contributed by atoms with van der Waals surface area (Å²) in [6, 6.07) is 14.5. The minimum absolute atomic E-state index is 0.206. The van der Waals surface area contributed by atoms with E-state index in [-0.39, 0.29) is 6.23 Å². The van der Waals surface area contributed by atoms with E-state index in [1.54, 1.807) is 6.92 Å². The molecule has 5 rings (SSSR count). The van der Waals surface area contributed by atoms with E-state index in [0.717, 1.165) is 59.7 Å². The molecule has 0 saturated carbocycles. The van der Waals surface area contributed by atoms with Crippen molar-refractivity contribution in [3.63, 3.8) is 0 Å². The van der Waals surface area contributed by atoms with E-state index in [0.29, 0.717) is 17.6 Å². The second kappa shape index (κ2) is 8.03. The zero-order valence-electron chi connectivity index (χ0n) is 17.7. The van der Waals surface area contributed by atoms with Crippen molar-refractivity contribution in [1.82, 2.24) is 10.5 Å². The van der Waals surface area contributed by atoms with Crippen LogP contribution in [0.4, 0.5) is 11.7 Å². The summed E-state index contributed by atoms with van der Waals surface area (Å²) < 4.78 is 5.91. The predicted octanol–water partition coefficient (Wildman–Crippen LogP) is 3.78. The number of hydrogen-bond acceptors (Lipinski definition) is 8. The summed E-state index contributed by atoms with van der Waals surface area (Å²) in [4.78, 5) is 17.4. The Bertz CT molecular complexity index is 1110. The van der Waals surface area contributed by atoms with Crippen LogP contribution in [0.25, 0.3) is 11.1 Å². The van der Waals surface area contributed by atoms with Crippen molar-refractivity contribution in [1.29, 1.82) is 5.41 Å². The Morgan fingerprint density at radius 3 is 2.74 bits per heavy atom. The fourth-order valence-electron chi connectivity index (χ4n) is 4.23. The maximum absolute atomic E-state index is 7.91. The first-order valence-corrected chi connectivity index (χ1v) is 10.6. The fraction of sp³-hybridized carbons (Fsp3) is 0.348. The van der Waals surface area contributed by atoms with E-state index in [1.165, 1.54) is 0 Å². The van der Waals surface area contributed by atoms with Gasteiger partial charge in [0.15, 0.2) is 17.6 Å². The first-order chi connectivity index (χ1) is 15.1. The minimum atomic E-state index is -0.206. The van der Waals surface area contributed by atoms with Gasteiger partial charge in [-0.1, -0.05) is 24.3 Å². The second-order valence-electron chi connectivity index (χ2n) is 8.01. The number of hydroxylamine groups is 1. The van der Waals surface area contributed by atoms with Gasteiger partial charge in [-0.25, -0.2) is 15.3 Å². The normalized spacial score (nSPS) is 19.4. The molecule has 31 heavy (non-hydrogen) atoms. The molecule has 1 unspecified atom stereocenters. The molecule has 1 atom stereocenters. The Labute approximate surface area is 180 Å². The predicted molar refractivity (Wildman–Crippen MR) is 122 cm³/mol. The van der Waals surface area contributed by atoms with E-state index in [2.05, 4.69) is 20.7 Å². The number of rotatable bonds is 5. The number of fused-ring (bicyclic) bond motifs is 1. The van der Waals surface area contributed by atoms with Crippen LogP contribution in [0.2, 0.25) is 0 Å². The number of anilines is 2. The van der Waals surface area contributed by atoms with Gasteiger partial charge in [0.05, 0.1) is 0 Å². The van der Waals surface area contributed by atoms with E-state index in [1.807, 2.05) is 49.5 Å². The maximum atomic E-state index is 7.91. The standard InChI is InChI=1S/C23H26N6O2/c1-14(24)17-8-7-16(13-19(17)25-2)21-27-22(31-28-21)15-9-11-29(12-10-15)23-26-18-5-3-4-6-20(18)30-23/h3-8,13,15,22,24-25H,9-12H2,1-2H3,(H,27,28). The van der Waals surface area contributed by atoms with Crippen molar-refractivity contribution < 1.29 is 9.25 Å². The molecule has 0 amide bonds. The summed E-state index contributed by atoms with van der Waals surface area (Å²) in [6.45, 7) is 3.51. The molecule has 0 aliphatic carbocycles. The summed E-state index contributed by atoms with van der Waals surface area (Å²) >= 11 is 0. The molecule has 2 aliphatic rings. The van der Waals surface area contributed by atoms with Gasteiger partial charge in [0.25, 0.3) is 6.01 Å². The molecule has 1 saturated heterocycles. The highest BCUT2D eigenvalue weighted by Crippen LogP contribution is 2.30. The fourth-order valence-corrected chi connectivity index (χ4v) is 4.23. The highest BCUT2D eigenvalue weighted by Gasteiger charge is 2.32. The number of aromatic nitrogens is 1. The van der Waals surface area contributed by atoms with Gasteiger partial charge >= 0.3 is 0 Å². The molecule has 2 aromatic carbocycles. The third-order valence-corrected chi connectivity index (χ3v) is 6.00. The van der Waals surface area contributed by atoms with Gasteiger partial charge in [0, 0.05) is 48.6 Å². The Hall–Kier alpha value is -3.39. The number of piperidine rings is 1. The van der Waals surface area contributed by atoms with Crippen LogP contribution in [-0.4, -0.2) is 42.9 Å². The number of aliphatic imine (C=N–C) groups is 1. The summed E-state index contributed by atoms with van der Waals surface area (Å²) in [7, 11) is 1.86. The van der Waals surface area contributed by atoms with E-state index in [4.69, 9.17) is 19.7 Å². The van der Waals surface area contributed by atoms with Crippen LogP contribution in [0.3, 0.4) is 0 Å². The zero-order valence-corrected chi connectivity index (χ0v) is 17.7. The Morgan fingerprint density at radius 1 is 1.19 bits per heavy atom. The average Bonchev–Trinajstić information content (AvgIpc) is 3.46. The van der Waals surface area contributed by atoms with Gasteiger partial charge < -0.3 is 20.0 Å². The summed E-state index contributed by atoms with van der Waals surface area (Å²) in [5, 5.41) is 11.1. The van der Waals surface area contributed by atoms with Crippen molar-refractivity contribution in [3.05, 3.63) is 53.6 Å². The van der Waals surface area contributed by atoms with Crippen LogP contribution < -0.4 is 15.7 Å². The first kappa shape index (κ1) is 19.6. The molecule has 8 heteroatoms. The van der Waals surface area contributed by atoms with Gasteiger partial charge in [0.2, 0.25) is 0 Å². The number of oxazole rings is 1. The molecule has 1 aromatic heterocycles. The zero-order chi connectivity index (χ0) is 21.4. The molecule has 3 N–H and O–H groups in total. The van der Waals surface area contributed by atoms with E-state index >= 15 is 0 Å². The quantitative estimate of drug-likeness (QED) is 0.546. The third-order valence-electron chi connectivity index (χ3n) is 6.00. The first-order valence-electron chi connectivity index (χ1n) is 10.6. The van der Waals surface area contributed by atoms with Crippen LogP contribution in [0.5, 0.6) is 0 Å². The number of hydrogen-bond donors (Lipinski definition) is 3. The van der Waals surface area contributed by atoms with Crippen molar-refractivity contribution in [2.45, 2.75) is 26.0 Å². The molecule has 0 spiro atoms. The van der Waals surface area contributed by atoms with Crippen LogP contribution >= 0.6 is 0 Å². The number of nitrogens with zero attached hydrogens (tertiary/aromatic N) is 3. The molecule has 1 fully saturated rings. The van der Waals surface area contributed by atoms with Crippen LogP contribution in [0, 0.1) is 11.3 Å². The Morgan fingerprint density at radius 2 is 2.00 bits per heavy atom. The number of benzene rings is 2. The number of nitrogens with one attached hydrogen (secondary N) is 3. The lowest BCUT2D eigenvalue weighted by atomic mass is 9.95. The number of para-hydroxylation sites is 2. The third kappa shape index (κ3) is 3.74. The summed E-state index contributed by atoms with van der Waals surface area (Å²) in [6.07, 6.45) is 1.70. The van der Waals surface area contributed by atoms with Crippen molar-refractivity contribution in [2.24, 2.45) is 10.9 Å². The molecule has 0 radical (unpaired) electrons. The number of amidine groups is 1. The summed E-state index contributed by atoms with van der Waals surface area (Å²) in [5.41, 5.74) is 7.98. The van der Waals surface area contributed by atoms with Gasteiger partial charge in [-0.15, -0.1) is 0 Å².